The van der Waals surface area contributed by atoms with Crippen LogP contribution in [0.2, 0.25) is 0 Å². The van der Waals surface area contributed by atoms with Crippen molar-refractivity contribution in [3.05, 3.63) is 23.3 Å². The van der Waals surface area contributed by atoms with Gasteiger partial charge in [-0.2, -0.15) is 0 Å². The lowest BCUT2D eigenvalue weighted by Gasteiger charge is -2.14. The van der Waals surface area contributed by atoms with Crippen LogP contribution in [0.15, 0.2) is 23.3 Å². The highest BCUT2D eigenvalue weighted by Gasteiger charge is 2.49. The second kappa shape index (κ2) is 2.68. The molecule has 2 aliphatic carbocycles. The lowest BCUT2D eigenvalue weighted by Crippen LogP contribution is -2.40. The van der Waals surface area contributed by atoms with E-state index in [1.54, 1.807) is 0 Å². The van der Waals surface area contributed by atoms with E-state index in [4.69, 9.17) is 4.74 Å². The van der Waals surface area contributed by atoms with E-state index < -0.39 is 0 Å². The topological polar surface area (TPSA) is 50.4 Å². The standard InChI is InChI=1S/C10H12N2O2/c1-2-14-10(13)9-8-6-3-5(6)4-7(8)11-12-9/h3-4,7-9,11-12H,2H2,1H3. The average molecular weight is 192 g/mol. The van der Waals surface area contributed by atoms with Gasteiger partial charge in [-0.1, -0.05) is 12.2 Å². The normalized spacial score (nSPS) is 37.1. The van der Waals surface area contributed by atoms with Gasteiger partial charge in [0.1, 0.15) is 6.04 Å². The van der Waals surface area contributed by atoms with Crippen LogP contribution in [0.1, 0.15) is 6.92 Å². The zero-order chi connectivity index (χ0) is 9.71. The first kappa shape index (κ1) is 8.20. The number of carbonyl (C=O) groups excluding carboxylic acids is 1. The zero-order valence-corrected chi connectivity index (χ0v) is 7.91. The van der Waals surface area contributed by atoms with Crippen molar-refractivity contribution >= 4 is 5.97 Å². The SMILES string of the molecule is CCOC(=O)C1NNC2C=C3C=C3C21. The van der Waals surface area contributed by atoms with Crippen molar-refractivity contribution in [3.63, 3.8) is 0 Å². The Labute approximate surface area is 82.0 Å². The molecule has 0 spiro atoms. The van der Waals surface area contributed by atoms with Crippen LogP contribution in [0, 0.1) is 5.92 Å². The summed E-state index contributed by atoms with van der Waals surface area (Å²) in [4.78, 5) is 11.6. The van der Waals surface area contributed by atoms with Gasteiger partial charge in [-0.25, -0.2) is 10.9 Å². The third-order valence-corrected chi connectivity index (χ3v) is 2.97. The summed E-state index contributed by atoms with van der Waals surface area (Å²) in [6, 6.07) is 0.0573. The van der Waals surface area contributed by atoms with Gasteiger partial charge in [-0.05, 0) is 18.1 Å². The molecule has 3 atom stereocenters. The van der Waals surface area contributed by atoms with Gasteiger partial charge in [0.05, 0.1) is 6.61 Å². The highest BCUT2D eigenvalue weighted by molar-refractivity contribution is 5.80. The van der Waals surface area contributed by atoms with E-state index in [0.29, 0.717) is 6.61 Å². The molecule has 0 saturated carbocycles. The third kappa shape index (κ3) is 0.980. The molecule has 2 N–H and O–H groups in total. The van der Waals surface area contributed by atoms with Crippen molar-refractivity contribution in [1.82, 2.24) is 10.9 Å². The molecule has 3 aliphatic rings. The molecule has 0 amide bonds. The Morgan fingerprint density at radius 3 is 3.21 bits per heavy atom. The van der Waals surface area contributed by atoms with Crippen LogP contribution in [-0.2, 0) is 9.53 Å². The fraction of sp³-hybridized carbons (Fsp3) is 0.500. The predicted octanol–water partition coefficient (Wildman–Crippen LogP) is -0.109. The molecule has 3 unspecified atom stereocenters. The van der Waals surface area contributed by atoms with Crippen molar-refractivity contribution in [2.24, 2.45) is 5.92 Å². The molecule has 0 aromatic rings. The van der Waals surface area contributed by atoms with Gasteiger partial charge < -0.3 is 4.74 Å². The number of rotatable bonds is 2. The molecule has 1 saturated heterocycles. The van der Waals surface area contributed by atoms with Gasteiger partial charge in [0.2, 0.25) is 0 Å². The van der Waals surface area contributed by atoms with E-state index in [1.165, 1.54) is 11.1 Å². The Morgan fingerprint density at radius 1 is 1.57 bits per heavy atom. The predicted molar refractivity (Wildman–Crippen MR) is 50.1 cm³/mol. The Morgan fingerprint density at radius 2 is 2.43 bits per heavy atom. The molecule has 14 heavy (non-hydrogen) atoms. The van der Waals surface area contributed by atoms with Crippen LogP contribution >= 0.6 is 0 Å². The van der Waals surface area contributed by atoms with Gasteiger partial charge in [0.25, 0.3) is 0 Å². The van der Waals surface area contributed by atoms with Crippen LogP contribution in [0.3, 0.4) is 0 Å². The summed E-state index contributed by atoms with van der Waals surface area (Å²) in [6.45, 7) is 2.26. The summed E-state index contributed by atoms with van der Waals surface area (Å²) in [7, 11) is 0. The van der Waals surface area contributed by atoms with E-state index in [0.717, 1.165) is 0 Å². The highest BCUT2D eigenvalue weighted by Crippen LogP contribution is 2.46. The van der Waals surface area contributed by atoms with E-state index in [2.05, 4.69) is 23.0 Å². The maximum atomic E-state index is 11.6. The molecule has 3 rings (SSSR count). The first-order chi connectivity index (χ1) is 6.81. The van der Waals surface area contributed by atoms with E-state index in [-0.39, 0.29) is 24.0 Å². The van der Waals surface area contributed by atoms with E-state index >= 15 is 0 Å². The molecule has 0 aromatic carbocycles. The van der Waals surface area contributed by atoms with Gasteiger partial charge in [0, 0.05) is 12.0 Å². The second-order valence-electron chi connectivity index (χ2n) is 3.79. The number of hydrogen-bond acceptors (Lipinski definition) is 4. The van der Waals surface area contributed by atoms with Crippen molar-refractivity contribution in [2.45, 2.75) is 19.0 Å². The zero-order valence-electron chi connectivity index (χ0n) is 7.91. The minimum absolute atomic E-state index is 0.157. The van der Waals surface area contributed by atoms with Crippen molar-refractivity contribution < 1.29 is 9.53 Å². The number of carbonyl (C=O) groups is 1. The molecule has 4 heteroatoms. The lowest BCUT2D eigenvalue weighted by molar-refractivity contribution is -0.146. The summed E-state index contributed by atoms with van der Waals surface area (Å²) in [6.07, 6.45) is 4.29. The second-order valence-corrected chi connectivity index (χ2v) is 3.79. The lowest BCUT2D eigenvalue weighted by atomic mass is 9.95. The Hall–Kier alpha value is -1.13. The number of ether oxygens (including phenoxy) is 1. The maximum absolute atomic E-state index is 11.6. The third-order valence-electron chi connectivity index (χ3n) is 2.97. The van der Waals surface area contributed by atoms with Crippen LogP contribution in [-0.4, -0.2) is 24.7 Å². The van der Waals surface area contributed by atoms with Crippen LogP contribution < -0.4 is 10.9 Å². The molecule has 0 radical (unpaired) electrons. The van der Waals surface area contributed by atoms with Gasteiger partial charge in [0.15, 0.2) is 0 Å². The van der Waals surface area contributed by atoms with Crippen LogP contribution in [0.25, 0.3) is 0 Å². The van der Waals surface area contributed by atoms with Crippen molar-refractivity contribution in [1.29, 1.82) is 0 Å². The monoisotopic (exact) mass is 192 g/mol. The Balaban J connectivity index is 1.77. The smallest absolute Gasteiger partial charge is 0.325 e. The van der Waals surface area contributed by atoms with Crippen molar-refractivity contribution in [3.8, 4) is 0 Å². The molecule has 1 heterocycles. The number of hydrogen-bond donors (Lipinski definition) is 2. The van der Waals surface area contributed by atoms with Crippen LogP contribution in [0.5, 0.6) is 0 Å². The molecule has 1 aliphatic heterocycles. The first-order valence-electron chi connectivity index (χ1n) is 4.92. The summed E-state index contributed by atoms with van der Waals surface area (Å²) in [5, 5.41) is 0. The summed E-state index contributed by atoms with van der Waals surface area (Å²) in [5.74, 6) is 0.0963. The first-order valence-corrected chi connectivity index (χ1v) is 4.92. The van der Waals surface area contributed by atoms with Crippen LogP contribution in [0.4, 0.5) is 0 Å². The molecule has 4 nitrogen and oxygen atoms in total. The molecule has 74 valence electrons. The average Bonchev–Trinajstić information content (AvgIpc) is 2.65. The molecular formula is C10H12N2O2. The number of esters is 1. The summed E-state index contributed by atoms with van der Waals surface area (Å²) >= 11 is 0. The minimum atomic E-state index is -0.220. The van der Waals surface area contributed by atoms with Gasteiger partial charge in [-0.3, -0.25) is 4.79 Å². The molecular weight excluding hydrogens is 180 g/mol. The summed E-state index contributed by atoms with van der Waals surface area (Å²) < 4.78 is 5.01. The Bertz CT molecular complexity index is 359. The molecule has 0 aromatic heterocycles. The maximum Gasteiger partial charge on any atom is 0.325 e. The number of hydrazine groups is 1. The Kier molecular flexibility index (Phi) is 1.57. The number of fused-ring (bicyclic) bond motifs is 3. The van der Waals surface area contributed by atoms with E-state index in [9.17, 15) is 4.79 Å². The summed E-state index contributed by atoms with van der Waals surface area (Å²) in [5.41, 5.74) is 8.71. The van der Waals surface area contributed by atoms with E-state index in [1.807, 2.05) is 6.92 Å². The van der Waals surface area contributed by atoms with Crippen molar-refractivity contribution in [2.75, 3.05) is 6.61 Å². The largest absolute Gasteiger partial charge is 0.465 e. The van der Waals surface area contributed by atoms with Gasteiger partial charge >= 0.3 is 5.97 Å². The van der Waals surface area contributed by atoms with Gasteiger partial charge in [-0.15, -0.1) is 0 Å². The minimum Gasteiger partial charge on any atom is -0.465 e. The quantitative estimate of drug-likeness (QED) is 0.599. The fourth-order valence-electron chi connectivity index (χ4n) is 2.29. The molecule has 0 bridgehead atoms. The highest BCUT2D eigenvalue weighted by atomic mass is 16.5. The number of allylic oxidation sites excluding steroid dienone is 2. The fourth-order valence-corrected chi connectivity index (χ4v) is 2.29. The molecule has 1 fully saturated rings. The number of nitrogens with one attached hydrogen (secondary N) is 2.